The summed E-state index contributed by atoms with van der Waals surface area (Å²) in [6.07, 6.45) is 0.766. The summed E-state index contributed by atoms with van der Waals surface area (Å²) in [7, 11) is -1.91. The average molecular weight is 334 g/mol. The van der Waals surface area contributed by atoms with Gasteiger partial charge in [0.2, 0.25) is 0 Å². The maximum Gasteiger partial charge on any atom is 0.279 e. The maximum atomic E-state index is 12.1. The maximum absolute atomic E-state index is 12.1. The SMILES string of the molecule is CC(C)NCCCN(C)S(=O)(=O)NCc1ccccc1Cl. The molecular formula is C14H24ClN3O2S. The Labute approximate surface area is 132 Å². The second-order valence-electron chi connectivity index (χ2n) is 5.20. The van der Waals surface area contributed by atoms with Crippen molar-refractivity contribution in [3.63, 3.8) is 0 Å². The van der Waals surface area contributed by atoms with E-state index in [1.165, 1.54) is 4.31 Å². The van der Waals surface area contributed by atoms with Crippen LogP contribution < -0.4 is 10.0 Å². The third-order valence-electron chi connectivity index (χ3n) is 3.02. The van der Waals surface area contributed by atoms with Crippen LogP contribution in [0.3, 0.4) is 0 Å². The summed E-state index contributed by atoms with van der Waals surface area (Å²) in [5.41, 5.74) is 0.762. The van der Waals surface area contributed by atoms with Gasteiger partial charge >= 0.3 is 0 Å². The van der Waals surface area contributed by atoms with E-state index in [0.29, 0.717) is 17.6 Å². The Morgan fingerprint density at radius 2 is 1.95 bits per heavy atom. The molecule has 0 aromatic heterocycles. The number of rotatable bonds is 9. The van der Waals surface area contributed by atoms with E-state index in [4.69, 9.17) is 11.6 Å². The molecule has 0 aliphatic heterocycles. The predicted molar refractivity (Wildman–Crippen MR) is 87.6 cm³/mol. The van der Waals surface area contributed by atoms with E-state index in [1.807, 2.05) is 12.1 Å². The monoisotopic (exact) mass is 333 g/mol. The first-order valence-corrected chi connectivity index (χ1v) is 8.82. The molecule has 7 heteroatoms. The van der Waals surface area contributed by atoms with E-state index >= 15 is 0 Å². The molecule has 2 N–H and O–H groups in total. The lowest BCUT2D eigenvalue weighted by atomic mass is 10.2. The van der Waals surface area contributed by atoms with Crippen LogP contribution in [0.25, 0.3) is 0 Å². The van der Waals surface area contributed by atoms with Crippen molar-refractivity contribution in [2.75, 3.05) is 20.1 Å². The molecule has 0 atom stereocenters. The van der Waals surface area contributed by atoms with Crippen molar-refractivity contribution in [2.24, 2.45) is 0 Å². The van der Waals surface area contributed by atoms with E-state index in [2.05, 4.69) is 23.9 Å². The fourth-order valence-electron chi connectivity index (χ4n) is 1.73. The highest BCUT2D eigenvalue weighted by Crippen LogP contribution is 2.14. The highest BCUT2D eigenvalue weighted by molar-refractivity contribution is 7.87. The van der Waals surface area contributed by atoms with E-state index in [-0.39, 0.29) is 6.54 Å². The summed E-state index contributed by atoms with van der Waals surface area (Å²) < 4.78 is 28.1. The number of benzene rings is 1. The summed E-state index contributed by atoms with van der Waals surface area (Å²) >= 11 is 6.01. The van der Waals surface area contributed by atoms with E-state index in [1.54, 1.807) is 19.2 Å². The molecule has 0 spiro atoms. The van der Waals surface area contributed by atoms with Gasteiger partial charge in [0, 0.05) is 31.2 Å². The third-order valence-corrected chi connectivity index (χ3v) is 4.90. The number of hydrogen-bond acceptors (Lipinski definition) is 3. The van der Waals surface area contributed by atoms with Gasteiger partial charge in [-0.25, -0.2) is 0 Å². The number of nitrogens with one attached hydrogen (secondary N) is 2. The van der Waals surface area contributed by atoms with Crippen LogP contribution in [0.2, 0.25) is 5.02 Å². The lowest BCUT2D eigenvalue weighted by Crippen LogP contribution is -2.39. The molecule has 0 radical (unpaired) electrons. The summed E-state index contributed by atoms with van der Waals surface area (Å²) in [6, 6.07) is 7.60. The molecule has 0 unspecified atom stereocenters. The Bertz CT molecular complexity index is 535. The van der Waals surface area contributed by atoms with Gasteiger partial charge in [0.1, 0.15) is 0 Å². The van der Waals surface area contributed by atoms with E-state index < -0.39 is 10.2 Å². The normalized spacial score (nSPS) is 12.3. The van der Waals surface area contributed by atoms with E-state index in [9.17, 15) is 8.42 Å². The molecule has 0 aliphatic rings. The van der Waals surface area contributed by atoms with Crippen molar-refractivity contribution in [3.8, 4) is 0 Å². The Kier molecular flexibility index (Phi) is 7.62. The fraction of sp³-hybridized carbons (Fsp3) is 0.571. The van der Waals surface area contributed by atoms with Gasteiger partial charge in [-0.2, -0.15) is 17.4 Å². The second-order valence-corrected chi connectivity index (χ2v) is 7.47. The van der Waals surface area contributed by atoms with Crippen LogP contribution in [0.4, 0.5) is 0 Å². The fourth-order valence-corrected chi connectivity index (χ4v) is 2.86. The zero-order chi connectivity index (χ0) is 15.9. The van der Waals surface area contributed by atoms with Gasteiger partial charge in [-0.3, -0.25) is 0 Å². The van der Waals surface area contributed by atoms with Crippen molar-refractivity contribution < 1.29 is 8.42 Å². The molecule has 0 fully saturated rings. The Hall–Kier alpha value is -0.660. The standard InChI is InChI=1S/C14H24ClN3O2S/c1-12(2)16-9-6-10-18(3)21(19,20)17-11-13-7-4-5-8-14(13)15/h4-5,7-8,12,16-17H,6,9-11H2,1-3H3. The average Bonchev–Trinajstić information content (AvgIpc) is 2.42. The third kappa shape index (κ3) is 6.76. The zero-order valence-corrected chi connectivity index (χ0v) is 14.3. The number of hydrogen-bond donors (Lipinski definition) is 2. The minimum Gasteiger partial charge on any atom is -0.314 e. The van der Waals surface area contributed by atoms with Gasteiger partial charge in [0.25, 0.3) is 10.2 Å². The Morgan fingerprint density at radius 3 is 2.57 bits per heavy atom. The first kappa shape index (κ1) is 18.4. The summed E-state index contributed by atoms with van der Waals surface area (Å²) in [5.74, 6) is 0. The smallest absolute Gasteiger partial charge is 0.279 e. The van der Waals surface area contributed by atoms with Gasteiger partial charge in [-0.1, -0.05) is 43.6 Å². The van der Waals surface area contributed by atoms with Crippen LogP contribution in [-0.2, 0) is 16.8 Å². The second kappa shape index (κ2) is 8.70. The molecular weight excluding hydrogens is 310 g/mol. The molecule has 0 heterocycles. The molecule has 21 heavy (non-hydrogen) atoms. The summed E-state index contributed by atoms with van der Waals surface area (Å²) in [4.78, 5) is 0. The van der Waals surface area contributed by atoms with Crippen molar-refractivity contribution in [2.45, 2.75) is 32.9 Å². The van der Waals surface area contributed by atoms with Gasteiger partial charge in [0.15, 0.2) is 0 Å². The van der Waals surface area contributed by atoms with Gasteiger partial charge in [0.05, 0.1) is 0 Å². The quantitative estimate of drug-likeness (QED) is 0.679. The first-order chi connectivity index (χ1) is 9.83. The van der Waals surface area contributed by atoms with Crippen LogP contribution in [0.5, 0.6) is 0 Å². The largest absolute Gasteiger partial charge is 0.314 e. The number of nitrogens with zero attached hydrogens (tertiary/aromatic N) is 1. The van der Waals surface area contributed by atoms with Crippen molar-refractivity contribution in [1.29, 1.82) is 0 Å². The lowest BCUT2D eigenvalue weighted by molar-refractivity contribution is 0.439. The molecule has 0 amide bonds. The number of halogens is 1. The zero-order valence-electron chi connectivity index (χ0n) is 12.8. The minimum atomic E-state index is -3.48. The summed E-state index contributed by atoms with van der Waals surface area (Å²) in [5, 5.41) is 3.82. The minimum absolute atomic E-state index is 0.191. The van der Waals surface area contributed by atoms with Crippen molar-refractivity contribution >= 4 is 21.8 Å². The van der Waals surface area contributed by atoms with Crippen molar-refractivity contribution in [3.05, 3.63) is 34.9 Å². The van der Waals surface area contributed by atoms with Crippen LogP contribution in [0.15, 0.2) is 24.3 Å². The highest BCUT2D eigenvalue weighted by atomic mass is 35.5. The van der Waals surface area contributed by atoms with Crippen LogP contribution in [0, 0.1) is 0 Å². The van der Waals surface area contributed by atoms with Crippen LogP contribution in [0.1, 0.15) is 25.8 Å². The highest BCUT2D eigenvalue weighted by Gasteiger charge is 2.16. The molecule has 0 aliphatic carbocycles. The molecule has 1 aromatic rings. The molecule has 5 nitrogen and oxygen atoms in total. The van der Waals surface area contributed by atoms with Gasteiger partial charge in [-0.15, -0.1) is 0 Å². The Balaban J connectivity index is 2.43. The van der Waals surface area contributed by atoms with Gasteiger partial charge in [-0.05, 0) is 24.6 Å². The Morgan fingerprint density at radius 1 is 1.29 bits per heavy atom. The first-order valence-electron chi connectivity index (χ1n) is 7.00. The molecule has 0 saturated heterocycles. The molecule has 120 valence electrons. The van der Waals surface area contributed by atoms with E-state index in [0.717, 1.165) is 18.5 Å². The van der Waals surface area contributed by atoms with Gasteiger partial charge < -0.3 is 5.32 Å². The molecule has 0 bridgehead atoms. The molecule has 0 saturated carbocycles. The molecule has 1 aromatic carbocycles. The van der Waals surface area contributed by atoms with Crippen LogP contribution in [-0.4, -0.2) is 38.9 Å². The predicted octanol–water partition coefficient (Wildman–Crippen LogP) is 1.99. The van der Waals surface area contributed by atoms with Crippen molar-refractivity contribution in [1.82, 2.24) is 14.3 Å². The molecule has 1 rings (SSSR count). The summed E-state index contributed by atoms with van der Waals surface area (Å²) in [6.45, 7) is 5.58. The lowest BCUT2D eigenvalue weighted by Gasteiger charge is -2.18. The topological polar surface area (TPSA) is 61.4 Å². The van der Waals surface area contributed by atoms with Crippen LogP contribution >= 0.6 is 11.6 Å².